The highest BCUT2D eigenvalue weighted by Crippen LogP contribution is 2.46. The lowest BCUT2D eigenvalue weighted by atomic mass is 10.1. The molecule has 0 amide bonds. The van der Waals surface area contributed by atoms with Gasteiger partial charge >= 0.3 is 0 Å². The zero-order chi connectivity index (χ0) is 11.1. The number of aromatic hydroxyl groups is 1. The Morgan fingerprint density at radius 1 is 0.933 bits per heavy atom. The highest BCUT2D eigenvalue weighted by molar-refractivity contribution is 8.19. The van der Waals surface area contributed by atoms with Crippen molar-refractivity contribution in [2.75, 3.05) is 0 Å². The average molecular weight is 226 g/mol. The van der Waals surface area contributed by atoms with E-state index in [1.54, 1.807) is 24.3 Å². The summed E-state index contributed by atoms with van der Waals surface area (Å²) in [4.78, 5) is -0.0845. The van der Waals surface area contributed by atoms with Gasteiger partial charge in [0, 0.05) is 5.39 Å². The van der Waals surface area contributed by atoms with Gasteiger partial charge in [0.25, 0.3) is 0 Å². The van der Waals surface area contributed by atoms with Crippen LogP contribution < -0.4 is 0 Å². The summed E-state index contributed by atoms with van der Waals surface area (Å²) >= 11 is 0. The minimum absolute atomic E-state index is 0.0845. The van der Waals surface area contributed by atoms with E-state index >= 15 is 0 Å². The van der Waals surface area contributed by atoms with Crippen LogP contribution >= 0.6 is 10.9 Å². The monoisotopic (exact) mass is 226 g/mol. The van der Waals surface area contributed by atoms with Crippen LogP contribution in [0.3, 0.4) is 0 Å². The van der Waals surface area contributed by atoms with E-state index in [9.17, 15) is 5.11 Å². The summed E-state index contributed by atoms with van der Waals surface area (Å²) in [7, 11) is -3.78. The third-order valence-corrected chi connectivity index (χ3v) is 3.00. The molecule has 0 bridgehead atoms. The van der Waals surface area contributed by atoms with Gasteiger partial charge < -0.3 is 18.8 Å². The molecule has 4 nitrogen and oxygen atoms in total. The van der Waals surface area contributed by atoms with Gasteiger partial charge in [-0.25, -0.2) is 0 Å². The van der Waals surface area contributed by atoms with Crippen LogP contribution in [-0.2, 0) is 0 Å². The first-order valence-electron chi connectivity index (χ1n) is 4.21. The van der Waals surface area contributed by atoms with Gasteiger partial charge in [-0.05, 0) is 17.5 Å². The van der Waals surface area contributed by atoms with Crippen molar-refractivity contribution in [3.8, 4) is 5.75 Å². The molecule has 0 unspecified atom stereocenters. The molecule has 0 fully saturated rings. The van der Waals surface area contributed by atoms with E-state index in [0.29, 0.717) is 10.8 Å². The molecule has 0 aromatic heterocycles. The lowest BCUT2D eigenvalue weighted by molar-refractivity contribution is 0.375. The fraction of sp³-hybridized carbons (Fsp3) is 0. The van der Waals surface area contributed by atoms with Crippen molar-refractivity contribution in [2.45, 2.75) is 4.90 Å². The lowest BCUT2D eigenvalue weighted by Gasteiger charge is -2.19. The van der Waals surface area contributed by atoms with Gasteiger partial charge in [-0.1, -0.05) is 24.3 Å². The third-order valence-electron chi connectivity index (χ3n) is 2.13. The number of phenolic OH excluding ortho intramolecular Hbond substituents is 1. The molecule has 0 spiro atoms. The molecule has 2 rings (SSSR count). The molecule has 2 aromatic rings. The van der Waals surface area contributed by atoms with E-state index in [2.05, 4.69) is 0 Å². The second-order valence-electron chi connectivity index (χ2n) is 3.18. The zero-order valence-electron chi connectivity index (χ0n) is 7.66. The van der Waals surface area contributed by atoms with Crippen molar-refractivity contribution in [1.29, 1.82) is 0 Å². The predicted octanol–water partition coefficient (Wildman–Crippen LogP) is 3.13. The Labute approximate surface area is 88.0 Å². The molecule has 0 atom stereocenters. The maximum absolute atomic E-state index is 9.60. The first kappa shape index (κ1) is 10.3. The van der Waals surface area contributed by atoms with Crippen molar-refractivity contribution < 1.29 is 18.8 Å². The largest absolute Gasteiger partial charge is 0.507 e. The van der Waals surface area contributed by atoms with Gasteiger partial charge in [0.1, 0.15) is 16.6 Å². The van der Waals surface area contributed by atoms with Crippen molar-refractivity contribution in [1.82, 2.24) is 0 Å². The number of fused-ring (bicyclic) bond motifs is 1. The molecule has 0 saturated heterocycles. The van der Waals surface area contributed by atoms with Gasteiger partial charge in [-0.2, -0.15) is 0 Å². The van der Waals surface area contributed by atoms with Crippen LogP contribution in [0.2, 0.25) is 0 Å². The second kappa shape index (κ2) is 3.39. The quantitative estimate of drug-likeness (QED) is 0.602. The Kier molecular flexibility index (Phi) is 2.32. The molecule has 15 heavy (non-hydrogen) atoms. The standard InChI is InChI=1S/C10H10O4S/c11-10-6-8(15(12,13)14)5-7-3-1-2-4-9(7)10/h1-6,11-14H. The molecule has 80 valence electrons. The summed E-state index contributed by atoms with van der Waals surface area (Å²) < 4.78 is 27.2. The van der Waals surface area contributed by atoms with Crippen molar-refractivity contribution in [2.24, 2.45) is 0 Å². The Hall–Kier alpha value is -1.27. The molecule has 2 aromatic carbocycles. The van der Waals surface area contributed by atoms with E-state index in [1.165, 1.54) is 6.07 Å². The first-order valence-corrected chi connectivity index (χ1v) is 5.71. The number of rotatable bonds is 1. The van der Waals surface area contributed by atoms with E-state index in [1.807, 2.05) is 0 Å². The number of hydrogen-bond donors (Lipinski definition) is 4. The van der Waals surface area contributed by atoms with E-state index in [4.69, 9.17) is 13.7 Å². The molecule has 5 heteroatoms. The number of benzene rings is 2. The SMILES string of the molecule is Oc1cc(S(O)(O)O)cc2ccccc12. The van der Waals surface area contributed by atoms with Crippen LogP contribution in [0.25, 0.3) is 10.8 Å². The Bertz CT molecular complexity index is 504. The van der Waals surface area contributed by atoms with Crippen molar-refractivity contribution >= 4 is 21.6 Å². The van der Waals surface area contributed by atoms with Gasteiger partial charge in [0.05, 0.1) is 4.90 Å². The first-order chi connectivity index (χ1) is 6.98. The van der Waals surface area contributed by atoms with Gasteiger partial charge in [-0.15, -0.1) is 0 Å². The smallest absolute Gasteiger partial charge is 0.124 e. The maximum Gasteiger partial charge on any atom is 0.124 e. The number of hydrogen-bond acceptors (Lipinski definition) is 4. The summed E-state index contributed by atoms with van der Waals surface area (Å²) in [6.07, 6.45) is 0. The fourth-order valence-corrected chi connectivity index (χ4v) is 1.98. The average Bonchev–Trinajstić information content (AvgIpc) is 2.16. The van der Waals surface area contributed by atoms with Crippen LogP contribution in [0, 0.1) is 0 Å². The van der Waals surface area contributed by atoms with Gasteiger partial charge in [0.2, 0.25) is 0 Å². The van der Waals surface area contributed by atoms with Crippen LogP contribution in [0.15, 0.2) is 41.3 Å². The lowest BCUT2D eigenvalue weighted by Crippen LogP contribution is -1.95. The summed E-state index contributed by atoms with van der Waals surface area (Å²) in [6.45, 7) is 0. The summed E-state index contributed by atoms with van der Waals surface area (Å²) in [6, 6.07) is 9.52. The second-order valence-corrected chi connectivity index (χ2v) is 4.69. The highest BCUT2D eigenvalue weighted by atomic mass is 32.3. The molecular formula is C10H10O4S. The molecular weight excluding hydrogens is 216 g/mol. The summed E-state index contributed by atoms with van der Waals surface area (Å²) in [5.41, 5.74) is 0. The number of phenols is 1. The molecule has 0 heterocycles. The molecule has 0 aliphatic rings. The minimum Gasteiger partial charge on any atom is -0.507 e. The minimum atomic E-state index is -3.78. The fourth-order valence-electron chi connectivity index (χ4n) is 1.42. The van der Waals surface area contributed by atoms with E-state index in [-0.39, 0.29) is 10.6 Å². The Morgan fingerprint density at radius 3 is 2.27 bits per heavy atom. The molecule has 0 saturated carbocycles. The van der Waals surface area contributed by atoms with Crippen LogP contribution in [0.4, 0.5) is 0 Å². The molecule has 0 aliphatic heterocycles. The maximum atomic E-state index is 9.60. The topological polar surface area (TPSA) is 80.9 Å². The van der Waals surface area contributed by atoms with E-state index < -0.39 is 10.9 Å². The van der Waals surface area contributed by atoms with Crippen LogP contribution in [-0.4, -0.2) is 18.8 Å². The van der Waals surface area contributed by atoms with Crippen LogP contribution in [0.1, 0.15) is 0 Å². The summed E-state index contributed by atoms with van der Waals surface area (Å²) in [5.74, 6) is -0.0860. The molecule has 0 aliphatic carbocycles. The van der Waals surface area contributed by atoms with Gasteiger partial charge in [0.15, 0.2) is 0 Å². The Balaban J connectivity index is 2.73. The summed E-state index contributed by atoms with van der Waals surface area (Å²) in [5, 5.41) is 10.8. The molecule has 0 radical (unpaired) electrons. The molecule has 4 N–H and O–H groups in total. The normalized spacial score (nSPS) is 13.0. The predicted molar refractivity (Wildman–Crippen MR) is 59.4 cm³/mol. The van der Waals surface area contributed by atoms with E-state index in [0.717, 1.165) is 6.07 Å². The van der Waals surface area contributed by atoms with Crippen LogP contribution in [0.5, 0.6) is 5.75 Å². The Morgan fingerprint density at radius 2 is 1.60 bits per heavy atom. The van der Waals surface area contributed by atoms with Crippen molar-refractivity contribution in [3.63, 3.8) is 0 Å². The van der Waals surface area contributed by atoms with Gasteiger partial charge in [-0.3, -0.25) is 0 Å². The highest BCUT2D eigenvalue weighted by Gasteiger charge is 2.17. The van der Waals surface area contributed by atoms with Crippen molar-refractivity contribution in [3.05, 3.63) is 36.4 Å². The third kappa shape index (κ3) is 1.91. The zero-order valence-corrected chi connectivity index (χ0v) is 8.48.